The first-order valence-electron chi connectivity index (χ1n) is 6.44. The highest BCUT2D eigenvalue weighted by Gasteiger charge is 2.34. The number of carboxylic acid groups (broad SMARTS) is 1. The molecule has 0 saturated carbocycles. The normalized spacial score (nSPS) is 29.1. The molecule has 0 bridgehead atoms. The molecule has 1 N–H and O–H groups in total. The van der Waals surface area contributed by atoms with Crippen molar-refractivity contribution < 1.29 is 18.3 Å². The first-order chi connectivity index (χ1) is 8.96. The van der Waals surface area contributed by atoms with Crippen molar-refractivity contribution in [1.29, 1.82) is 0 Å². The van der Waals surface area contributed by atoms with Gasteiger partial charge in [0.15, 0.2) is 9.84 Å². The smallest absolute Gasteiger partial charge is 0.308 e. The number of fused-ring (bicyclic) bond motifs is 1. The molecule has 6 nitrogen and oxygen atoms in total. The van der Waals surface area contributed by atoms with Gasteiger partial charge in [-0.2, -0.15) is 0 Å². The molecule has 3 heterocycles. The summed E-state index contributed by atoms with van der Waals surface area (Å²) < 4.78 is 25.0. The molecule has 0 amide bonds. The Morgan fingerprint density at radius 2 is 2.21 bits per heavy atom. The van der Waals surface area contributed by atoms with Crippen LogP contribution in [0.15, 0.2) is 6.20 Å². The number of sulfone groups is 1. The van der Waals surface area contributed by atoms with Gasteiger partial charge in [-0.05, 0) is 19.3 Å². The largest absolute Gasteiger partial charge is 0.481 e. The molecule has 19 heavy (non-hydrogen) atoms. The average molecular weight is 284 g/mol. The molecule has 1 fully saturated rings. The van der Waals surface area contributed by atoms with E-state index in [1.807, 2.05) is 4.57 Å². The maximum absolute atomic E-state index is 11.5. The van der Waals surface area contributed by atoms with Gasteiger partial charge in [-0.1, -0.05) is 0 Å². The van der Waals surface area contributed by atoms with Gasteiger partial charge in [-0.15, -0.1) is 0 Å². The van der Waals surface area contributed by atoms with E-state index in [0.717, 1.165) is 11.5 Å². The predicted molar refractivity (Wildman–Crippen MR) is 67.7 cm³/mol. The van der Waals surface area contributed by atoms with E-state index in [1.54, 1.807) is 6.20 Å². The zero-order valence-corrected chi connectivity index (χ0v) is 11.3. The number of hydrogen-bond donors (Lipinski definition) is 1. The summed E-state index contributed by atoms with van der Waals surface area (Å²) in [5.41, 5.74) is 1.02. The topological polar surface area (TPSA) is 89.3 Å². The van der Waals surface area contributed by atoms with Crippen molar-refractivity contribution in [1.82, 2.24) is 9.55 Å². The molecule has 2 aliphatic heterocycles. The van der Waals surface area contributed by atoms with Gasteiger partial charge < -0.3 is 9.67 Å². The molecule has 7 heteroatoms. The van der Waals surface area contributed by atoms with E-state index in [-0.39, 0.29) is 17.4 Å². The van der Waals surface area contributed by atoms with Crippen molar-refractivity contribution in [2.24, 2.45) is 5.92 Å². The van der Waals surface area contributed by atoms with Gasteiger partial charge in [0.05, 0.1) is 17.4 Å². The summed E-state index contributed by atoms with van der Waals surface area (Å²) in [6, 6.07) is 0. The molecule has 104 valence electrons. The minimum atomic E-state index is -2.95. The maximum atomic E-state index is 11.5. The number of carbonyl (C=O) groups is 1. The molecule has 1 aromatic rings. The molecule has 0 aliphatic carbocycles. The van der Waals surface area contributed by atoms with Crippen LogP contribution < -0.4 is 0 Å². The summed E-state index contributed by atoms with van der Waals surface area (Å²) in [6.07, 6.45) is 3.68. The standard InChI is InChI=1S/C12H16N2O4S/c15-12(16)8-1-2-10-5-13-11(14(10)6-8)9-3-4-19(17,18)7-9/h5,8-9H,1-4,6-7H2,(H,15,16). The quantitative estimate of drug-likeness (QED) is 0.850. The van der Waals surface area contributed by atoms with E-state index in [4.69, 9.17) is 5.11 Å². The van der Waals surface area contributed by atoms with Crippen LogP contribution in [-0.4, -0.2) is 40.6 Å². The van der Waals surface area contributed by atoms with Crippen LogP contribution >= 0.6 is 0 Å². The first-order valence-corrected chi connectivity index (χ1v) is 8.26. The summed E-state index contributed by atoms with van der Waals surface area (Å²) in [6.45, 7) is 0.413. The van der Waals surface area contributed by atoms with E-state index >= 15 is 0 Å². The van der Waals surface area contributed by atoms with Crippen LogP contribution in [0.2, 0.25) is 0 Å². The first kappa shape index (κ1) is 12.7. The number of rotatable bonds is 2. The van der Waals surface area contributed by atoms with Crippen LogP contribution in [0.3, 0.4) is 0 Å². The lowest BCUT2D eigenvalue weighted by molar-refractivity contribution is -0.142. The number of imidazole rings is 1. The fourth-order valence-corrected chi connectivity index (χ4v) is 4.74. The van der Waals surface area contributed by atoms with Crippen molar-refractivity contribution >= 4 is 15.8 Å². The highest BCUT2D eigenvalue weighted by Crippen LogP contribution is 2.31. The number of carboxylic acids is 1. The minimum absolute atomic E-state index is 0.0775. The Hall–Kier alpha value is -1.37. The highest BCUT2D eigenvalue weighted by molar-refractivity contribution is 7.91. The Labute approximate surface area is 111 Å². The van der Waals surface area contributed by atoms with Gasteiger partial charge in [-0.25, -0.2) is 13.4 Å². The SMILES string of the molecule is O=C(O)C1CCc2cnc(C3CCS(=O)(=O)C3)n2C1. The van der Waals surface area contributed by atoms with Crippen molar-refractivity contribution in [3.8, 4) is 0 Å². The van der Waals surface area contributed by atoms with Gasteiger partial charge in [0.25, 0.3) is 0 Å². The van der Waals surface area contributed by atoms with Gasteiger partial charge in [-0.3, -0.25) is 4.79 Å². The number of nitrogens with zero attached hydrogens (tertiary/aromatic N) is 2. The van der Waals surface area contributed by atoms with E-state index in [0.29, 0.717) is 25.8 Å². The van der Waals surface area contributed by atoms with Crippen LogP contribution in [0.5, 0.6) is 0 Å². The number of hydrogen-bond acceptors (Lipinski definition) is 4. The van der Waals surface area contributed by atoms with Gasteiger partial charge >= 0.3 is 5.97 Å². The summed E-state index contributed by atoms with van der Waals surface area (Å²) in [4.78, 5) is 15.4. The molecule has 1 saturated heterocycles. The molecule has 3 rings (SSSR count). The summed E-state index contributed by atoms with van der Waals surface area (Å²) in [5.74, 6) is -0.153. The molecule has 2 unspecified atom stereocenters. The van der Waals surface area contributed by atoms with E-state index in [1.165, 1.54) is 0 Å². The number of aryl methyl sites for hydroxylation is 1. The molecule has 2 aliphatic rings. The minimum Gasteiger partial charge on any atom is -0.481 e. The third kappa shape index (κ3) is 2.27. The Morgan fingerprint density at radius 3 is 2.84 bits per heavy atom. The third-order valence-electron chi connectivity index (χ3n) is 4.07. The van der Waals surface area contributed by atoms with Gasteiger partial charge in [0.2, 0.25) is 0 Å². The lowest BCUT2D eigenvalue weighted by Crippen LogP contribution is -2.28. The molecule has 1 aromatic heterocycles. The maximum Gasteiger partial charge on any atom is 0.308 e. The second-order valence-corrected chi connectivity index (χ2v) is 7.62. The molecular weight excluding hydrogens is 268 g/mol. The van der Waals surface area contributed by atoms with Crippen LogP contribution in [-0.2, 0) is 27.6 Å². The van der Waals surface area contributed by atoms with Crippen LogP contribution in [0.1, 0.15) is 30.3 Å². The highest BCUT2D eigenvalue weighted by atomic mass is 32.2. The molecule has 0 aromatic carbocycles. The summed E-state index contributed by atoms with van der Waals surface area (Å²) >= 11 is 0. The summed E-state index contributed by atoms with van der Waals surface area (Å²) in [7, 11) is -2.95. The van der Waals surface area contributed by atoms with Crippen LogP contribution in [0.25, 0.3) is 0 Å². The van der Waals surface area contributed by atoms with Crippen LogP contribution in [0, 0.1) is 5.92 Å². The van der Waals surface area contributed by atoms with Crippen molar-refractivity contribution in [2.75, 3.05) is 11.5 Å². The zero-order chi connectivity index (χ0) is 13.6. The van der Waals surface area contributed by atoms with Crippen molar-refractivity contribution in [2.45, 2.75) is 31.7 Å². The molecule has 2 atom stereocenters. The van der Waals surface area contributed by atoms with Gasteiger partial charge in [0, 0.05) is 24.4 Å². The Bertz CT molecular complexity index is 620. The Balaban J connectivity index is 1.89. The lowest BCUT2D eigenvalue weighted by Gasteiger charge is -2.23. The second kappa shape index (κ2) is 4.33. The molecule has 0 spiro atoms. The average Bonchev–Trinajstić information content (AvgIpc) is 2.91. The lowest BCUT2D eigenvalue weighted by atomic mass is 9.97. The third-order valence-corrected chi connectivity index (χ3v) is 5.84. The second-order valence-electron chi connectivity index (χ2n) is 5.39. The fourth-order valence-electron chi connectivity index (χ4n) is 3.00. The van der Waals surface area contributed by atoms with E-state index < -0.39 is 21.7 Å². The zero-order valence-electron chi connectivity index (χ0n) is 10.4. The fraction of sp³-hybridized carbons (Fsp3) is 0.667. The van der Waals surface area contributed by atoms with Crippen LogP contribution in [0.4, 0.5) is 0 Å². The molecule has 0 radical (unpaired) electrons. The van der Waals surface area contributed by atoms with Gasteiger partial charge in [0.1, 0.15) is 5.82 Å². The van der Waals surface area contributed by atoms with E-state index in [2.05, 4.69) is 4.98 Å². The predicted octanol–water partition coefficient (Wildman–Crippen LogP) is 0.432. The molecular formula is C12H16N2O4S. The Morgan fingerprint density at radius 1 is 1.42 bits per heavy atom. The van der Waals surface area contributed by atoms with E-state index in [9.17, 15) is 13.2 Å². The monoisotopic (exact) mass is 284 g/mol. The number of aliphatic carboxylic acids is 1. The number of aromatic nitrogens is 2. The summed E-state index contributed by atoms with van der Waals surface area (Å²) in [5, 5.41) is 9.11. The Kier molecular flexibility index (Phi) is 2.88. The van der Waals surface area contributed by atoms with Crippen molar-refractivity contribution in [3.63, 3.8) is 0 Å². The van der Waals surface area contributed by atoms with Crippen molar-refractivity contribution in [3.05, 3.63) is 17.7 Å².